The minimum absolute atomic E-state index is 1.91. The van der Waals surface area contributed by atoms with Gasteiger partial charge in [0.15, 0.2) is 0 Å². The molecule has 0 aromatic rings. The Morgan fingerprint density at radius 1 is 0.964 bits per heavy atom. The third-order valence-electron chi connectivity index (χ3n) is 3.26. The number of hydrogen-bond acceptors (Lipinski definition) is 4. The summed E-state index contributed by atoms with van der Waals surface area (Å²) < 4.78 is 173. The van der Waals surface area contributed by atoms with E-state index in [1.54, 1.807) is 0 Å². The van der Waals surface area contributed by atoms with E-state index < -0.39 is 59.9 Å². The number of carbonyl (C=O) groups is 1. The molecule has 0 bridgehead atoms. The van der Waals surface area contributed by atoms with E-state index in [4.69, 9.17) is 5.11 Å². The van der Waals surface area contributed by atoms with Crippen LogP contribution in [-0.4, -0.2) is 59.4 Å². The van der Waals surface area contributed by atoms with Crippen molar-refractivity contribution in [2.45, 2.75) is 48.4 Å². The smallest absolute Gasteiger partial charge is 0.445 e. The topological polar surface area (TPSA) is 55.8 Å². The Balaban J connectivity index is 3.59. The summed E-state index contributed by atoms with van der Waals surface area (Å²) in [5.74, 6) is -22.4. The Morgan fingerprint density at radius 2 is 1.39 bits per heavy atom. The van der Waals surface area contributed by atoms with Crippen LogP contribution in [0.4, 0.5) is 57.1 Å². The number of ether oxygens (including phenoxy) is 2. The molecular formula is C11H5F13O4. The highest BCUT2D eigenvalue weighted by molar-refractivity contribution is 5.89. The van der Waals surface area contributed by atoms with Crippen LogP contribution >= 0.6 is 0 Å². The first-order valence-corrected chi connectivity index (χ1v) is 6.27. The van der Waals surface area contributed by atoms with E-state index in [2.05, 4.69) is 9.47 Å². The van der Waals surface area contributed by atoms with E-state index in [-0.39, 0.29) is 0 Å². The van der Waals surface area contributed by atoms with E-state index in [1.165, 1.54) is 0 Å². The minimum atomic E-state index is -6.89. The van der Waals surface area contributed by atoms with Crippen molar-refractivity contribution in [1.82, 2.24) is 0 Å². The van der Waals surface area contributed by atoms with E-state index in [9.17, 15) is 61.9 Å². The Hall–Kier alpha value is -1.78. The average Bonchev–Trinajstić information content (AvgIpc) is 2.43. The molecule has 1 heterocycles. The maximum Gasteiger partial charge on any atom is 0.449 e. The minimum Gasteiger partial charge on any atom is -0.445 e. The molecular weight excluding hydrogens is 443 g/mol. The molecule has 3 atom stereocenters. The van der Waals surface area contributed by atoms with Crippen molar-refractivity contribution in [2.24, 2.45) is 0 Å². The van der Waals surface area contributed by atoms with Crippen LogP contribution in [0.15, 0.2) is 12.2 Å². The van der Waals surface area contributed by atoms with Crippen LogP contribution in [0, 0.1) is 0 Å². The molecule has 1 rings (SSSR count). The first-order chi connectivity index (χ1) is 12.0. The number of alkyl halides is 13. The molecule has 1 fully saturated rings. The first kappa shape index (κ1) is 24.3. The average molecular weight is 448 g/mol. The van der Waals surface area contributed by atoms with Crippen LogP contribution in [0.3, 0.4) is 0 Å². The van der Waals surface area contributed by atoms with Crippen molar-refractivity contribution in [3.8, 4) is 0 Å². The van der Waals surface area contributed by atoms with Crippen LogP contribution in [0.1, 0.15) is 0 Å². The SMILES string of the molecule is C=C(C(=O)OC1C(F)(F)C(C(F)(F)F)OC(O)(C(F)(F)F)C1(F)F)C(F)(F)F. The van der Waals surface area contributed by atoms with Gasteiger partial charge in [0, 0.05) is 0 Å². The molecule has 28 heavy (non-hydrogen) atoms. The third kappa shape index (κ3) is 3.72. The van der Waals surface area contributed by atoms with Gasteiger partial charge in [0.05, 0.1) is 0 Å². The predicted molar refractivity (Wildman–Crippen MR) is 56.9 cm³/mol. The molecule has 17 heteroatoms. The van der Waals surface area contributed by atoms with Crippen molar-refractivity contribution in [3.05, 3.63) is 12.2 Å². The number of rotatable bonds is 2. The number of aliphatic hydroxyl groups is 1. The van der Waals surface area contributed by atoms with Crippen LogP contribution in [0.25, 0.3) is 0 Å². The maximum atomic E-state index is 13.9. The second kappa shape index (κ2) is 6.36. The van der Waals surface area contributed by atoms with Gasteiger partial charge in [-0.3, -0.25) is 0 Å². The lowest BCUT2D eigenvalue weighted by Crippen LogP contribution is -2.78. The van der Waals surface area contributed by atoms with Gasteiger partial charge in [-0.15, -0.1) is 0 Å². The molecule has 0 aromatic carbocycles. The van der Waals surface area contributed by atoms with E-state index in [0.717, 1.165) is 0 Å². The highest BCUT2D eigenvalue weighted by Gasteiger charge is 2.86. The fourth-order valence-electron chi connectivity index (χ4n) is 1.87. The number of halogens is 13. The van der Waals surface area contributed by atoms with Crippen molar-refractivity contribution in [3.63, 3.8) is 0 Å². The van der Waals surface area contributed by atoms with Crippen LogP contribution in [0.2, 0.25) is 0 Å². The Bertz CT molecular complexity index is 646. The fraction of sp³-hybridized carbons (Fsp3) is 0.727. The molecule has 0 saturated carbocycles. The monoisotopic (exact) mass is 448 g/mol. The standard InChI is InChI=1S/C11H5F13O4/c1-2(8(16,17)18)3(25)27-4-6(12,13)5(9(19,20)21)28-10(26,7(4,14)15)11(22,23)24/h4-5,26H,1H2. The van der Waals surface area contributed by atoms with Gasteiger partial charge >= 0.3 is 42.1 Å². The van der Waals surface area contributed by atoms with Gasteiger partial charge < -0.3 is 14.6 Å². The second-order valence-electron chi connectivity index (χ2n) is 5.24. The normalized spacial score (nSPS) is 30.6. The molecule has 4 nitrogen and oxygen atoms in total. The quantitative estimate of drug-likeness (QED) is 0.400. The van der Waals surface area contributed by atoms with Gasteiger partial charge in [0.25, 0.3) is 0 Å². The molecule has 1 aliphatic rings. The van der Waals surface area contributed by atoms with Gasteiger partial charge in [0.1, 0.15) is 5.57 Å². The zero-order valence-corrected chi connectivity index (χ0v) is 12.4. The molecule has 0 radical (unpaired) electrons. The van der Waals surface area contributed by atoms with Gasteiger partial charge in [-0.25, -0.2) is 4.79 Å². The van der Waals surface area contributed by atoms with Gasteiger partial charge in [0.2, 0.25) is 12.2 Å². The van der Waals surface area contributed by atoms with Crippen molar-refractivity contribution in [1.29, 1.82) is 0 Å². The number of carbonyl (C=O) groups excluding carboxylic acids is 1. The lowest BCUT2D eigenvalue weighted by atomic mass is 9.89. The molecule has 164 valence electrons. The van der Waals surface area contributed by atoms with Gasteiger partial charge in [-0.2, -0.15) is 57.1 Å². The molecule has 0 aromatic heterocycles. The van der Waals surface area contributed by atoms with E-state index in [1.807, 2.05) is 6.58 Å². The van der Waals surface area contributed by atoms with Crippen LogP contribution in [0.5, 0.6) is 0 Å². The number of hydrogen-bond donors (Lipinski definition) is 1. The summed E-state index contributed by atoms with van der Waals surface area (Å²) in [6.07, 6.45) is -29.6. The summed E-state index contributed by atoms with van der Waals surface area (Å²) in [6.45, 7) is 1.91. The molecule has 0 amide bonds. The van der Waals surface area contributed by atoms with Crippen LogP contribution < -0.4 is 0 Å². The predicted octanol–water partition coefficient (Wildman–Crippen LogP) is 3.50. The van der Waals surface area contributed by atoms with Crippen molar-refractivity contribution >= 4 is 5.97 Å². The highest BCUT2D eigenvalue weighted by Crippen LogP contribution is 2.57. The number of esters is 1. The summed E-state index contributed by atoms with van der Waals surface area (Å²) in [5.41, 5.74) is -2.80. The highest BCUT2D eigenvalue weighted by atomic mass is 19.4. The summed E-state index contributed by atoms with van der Waals surface area (Å²) in [4.78, 5) is 11.1. The molecule has 1 N–H and O–H groups in total. The van der Waals surface area contributed by atoms with E-state index >= 15 is 0 Å². The molecule has 0 spiro atoms. The Kier molecular flexibility index (Phi) is 5.51. The Morgan fingerprint density at radius 3 is 1.71 bits per heavy atom. The molecule has 3 unspecified atom stereocenters. The lowest BCUT2D eigenvalue weighted by molar-refractivity contribution is -0.513. The molecule has 1 saturated heterocycles. The largest absolute Gasteiger partial charge is 0.449 e. The summed E-state index contributed by atoms with van der Waals surface area (Å²) in [6, 6.07) is 0. The maximum absolute atomic E-state index is 13.9. The van der Waals surface area contributed by atoms with Gasteiger partial charge in [-0.05, 0) is 0 Å². The molecule has 1 aliphatic heterocycles. The lowest BCUT2D eigenvalue weighted by Gasteiger charge is -2.49. The van der Waals surface area contributed by atoms with E-state index in [0.29, 0.717) is 0 Å². The summed E-state index contributed by atoms with van der Waals surface area (Å²) in [7, 11) is 0. The Labute approximate surface area is 144 Å². The first-order valence-electron chi connectivity index (χ1n) is 6.27. The second-order valence-corrected chi connectivity index (χ2v) is 5.24. The summed E-state index contributed by atoms with van der Waals surface area (Å²) >= 11 is 0. The van der Waals surface area contributed by atoms with Crippen molar-refractivity contribution < 1.29 is 76.5 Å². The van der Waals surface area contributed by atoms with Crippen LogP contribution in [-0.2, 0) is 14.3 Å². The van der Waals surface area contributed by atoms with Gasteiger partial charge in [-0.1, -0.05) is 6.58 Å². The zero-order chi connectivity index (χ0) is 22.7. The summed E-state index contributed by atoms with van der Waals surface area (Å²) in [5, 5.41) is 8.92. The zero-order valence-electron chi connectivity index (χ0n) is 12.4. The third-order valence-corrected chi connectivity index (χ3v) is 3.26. The fourth-order valence-corrected chi connectivity index (χ4v) is 1.87. The molecule has 0 aliphatic carbocycles. The van der Waals surface area contributed by atoms with Crippen molar-refractivity contribution in [2.75, 3.05) is 0 Å².